The van der Waals surface area contributed by atoms with Crippen molar-refractivity contribution in [2.24, 2.45) is 11.8 Å². The molecule has 14 heteroatoms. The fourth-order valence-corrected chi connectivity index (χ4v) is 7.65. The second-order valence-electron chi connectivity index (χ2n) is 15.1. The Labute approximate surface area is 326 Å². The largest absolute Gasteiger partial charge is 0.453 e. The number of methoxy groups -OCH3 is 1. The molecule has 2 fully saturated rings. The van der Waals surface area contributed by atoms with Crippen molar-refractivity contribution in [3.8, 4) is 33.6 Å². The molecule has 2 saturated heterocycles. The van der Waals surface area contributed by atoms with Crippen LogP contribution in [0.5, 0.6) is 0 Å². The molecule has 2 aliphatic heterocycles. The highest BCUT2D eigenvalue weighted by Crippen LogP contribution is 2.36. The first kappa shape index (κ1) is 40.0. The van der Waals surface area contributed by atoms with Gasteiger partial charge >= 0.3 is 12.2 Å². The number of benzene rings is 2. The molecule has 0 bridgehead atoms. The minimum absolute atomic E-state index is 0.0912. The van der Waals surface area contributed by atoms with E-state index < -0.39 is 30.9 Å². The molecule has 0 radical (unpaired) electrons. The fourth-order valence-electron chi connectivity index (χ4n) is 7.65. The number of alkyl halides is 1. The molecule has 2 aromatic heterocycles. The molecular formula is C42H52FN7O6. The lowest BCUT2D eigenvalue weighted by Gasteiger charge is -2.30. The summed E-state index contributed by atoms with van der Waals surface area (Å²) >= 11 is 0. The third-order valence-corrected chi connectivity index (χ3v) is 10.7. The molecule has 13 nitrogen and oxygen atoms in total. The van der Waals surface area contributed by atoms with Gasteiger partial charge in [-0.25, -0.2) is 19.0 Å². The molecule has 4 N–H and O–H groups in total. The molecule has 6 rings (SSSR count). The number of halogens is 1. The van der Waals surface area contributed by atoms with E-state index in [2.05, 4.69) is 62.0 Å². The van der Waals surface area contributed by atoms with Crippen molar-refractivity contribution >= 4 is 24.0 Å². The number of aromatic nitrogens is 3. The minimum atomic E-state index is -0.810. The van der Waals surface area contributed by atoms with E-state index in [0.29, 0.717) is 18.9 Å². The summed E-state index contributed by atoms with van der Waals surface area (Å²) in [6, 6.07) is 18.8. The molecule has 2 aromatic carbocycles. The van der Waals surface area contributed by atoms with Gasteiger partial charge in [0.25, 0.3) is 0 Å². The highest BCUT2D eigenvalue weighted by molar-refractivity contribution is 5.87. The van der Waals surface area contributed by atoms with Crippen LogP contribution in [0.15, 0.2) is 66.9 Å². The van der Waals surface area contributed by atoms with Crippen LogP contribution in [-0.2, 0) is 19.1 Å². The number of imidazole rings is 1. The van der Waals surface area contributed by atoms with Gasteiger partial charge in [0.15, 0.2) is 0 Å². The molecule has 4 heterocycles. The quantitative estimate of drug-likeness (QED) is 0.112. The summed E-state index contributed by atoms with van der Waals surface area (Å²) < 4.78 is 22.1. The Hall–Kier alpha value is -5.66. The molecule has 298 valence electrons. The van der Waals surface area contributed by atoms with Crippen LogP contribution in [0.3, 0.4) is 0 Å². The lowest BCUT2D eigenvalue weighted by Crippen LogP contribution is -2.51. The van der Waals surface area contributed by atoms with Crippen molar-refractivity contribution in [1.82, 2.24) is 35.4 Å². The zero-order chi connectivity index (χ0) is 39.9. The van der Waals surface area contributed by atoms with E-state index in [9.17, 15) is 23.6 Å². The number of H-pyrrole nitrogens is 2. The zero-order valence-electron chi connectivity index (χ0n) is 32.6. The number of amides is 4. The van der Waals surface area contributed by atoms with Crippen LogP contribution in [0.4, 0.5) is 14.0 Å². The van der Waals surface area contributed by atoms with Gasteiger partial charge in [-0.05, 0) is 71.9 Å². The zero-order valence-corrected chi connectivity index (χ0v) is 32.6. The van der Waals surface area contributed by atoms with Crippen molar-refractivity contribution in [2.45, 2.75) is 77.5 Å². The molecule has 56 heavy (non-hydrogen) atoms. The van der Waals surface area contributed by atoms with Gasteiger partial charge in [0.2, 0.25) is 11.8 Å². The van der Waals surface area contributed by atoms with E-state index in [1.54, 1.807) is 11.1 Å². The second kappa shape index (κ2) is 17.9. The monoisotopic (exact) mass is 769 g/mol. The lowest BCUT2D eigenvalue weighted by atomic mass is 10.0. The molecule has 0 spiro atoms. The maximum Gasteiger partial charge on any atom is 0.407 e. The fraction of sp³-hybridized carbons (Fsp3) is 0.452. The van der Waals surface area contributed by atoms with Gasteiger partial charge in [0.05, 0.1) is 31.1 Å². The SMILES string of the molecule is COC(=O)NC(C(=O)N1CCCC1c1ccc(-c2ccc(-c3ccc(-c4cnc(C5CCCN5C(=O)[C@@H](NC(=O)OCCF)C(C)C)[nH]4)cc3)cc2)[nH]1)C(C)C. The summed E-state index contributed by atoms with van der Waals surface area (Å²) in [5, 5.41) is 5.32. The highest BCUT2D eigenvalue weighted by Gasteiger charge is 2.38. The summed E-state index contributed by atoms with van der Waals surface area (Å²) in [5.41, 5.74) is 6.85. The first-order chi connectivity index (χ1) is 27.0. The van der Waals surface area contributed by atoms with Gasteiger partial charge in [-0.3, -0.25) is 9.59 Å². The van der Waals surface area contributed by atoms with Crippen LogP contribution in [-0.4, -0.2) is 94.3 Å². The molecular weight excluding hydrogens is 718 g/mol. The van der Waals surface area contributed by atoms with E-state index in [0.717, 1.165) is 65.0 Å². The summed E-state index contributed by atoms with van der Waals surface area (Å²) in [4.78, 5) is 66.5. The number of nitrogens with one attached hydrogen (secondary N) is 4. The predicted molar refractivity (Wildman–Crippen MR) is 210 cm³/mol. The van der Waals surface area contributed by atoms with Crippen molar-refractivity contribution in [1.29, 1.82) is 0 Å². The number of nitrogens with zero attached hydrogens (tertiary/aromatic N) is 3. The Morgan fingerprint density at radius 2 is 1.25 bits per heavy atom. The van der Waals surface area contributed by atoms with Crippen molar-refractivity contribution in [3.63, 3.8) is 0 Å². The Bertz CT molecular complexity index is 1980. The first-order valence-corrected chi connectivity index (χ1v) is 19.4. The number of ether oxygens (including phenoxy) is 2. The van der Waals surface area contributed by atoms with E-state index >= 15 is 0 Å². The molecule has 2 aliphatic rings. The number of aromatic amines is 2. The maximum absolute atomic E-state index is 13.6. The number of alkyl carbamates (subject to hydrolysis) is 2. The Balaban J connectivity index is 1.09. The molecule has 4 atom stereocenters. The average molecular weight is 770 g/mol. The first-order valence-electron chi connectivity index (χ1n) is 19.4. The molecule has 0 aliphatic carbocycles. The Morgan fingerprint density at radius 3 is 1.80 bits per heavy atom. The second-order valence-corrected chi connectivity index (χ2v) is 15.1. The molecule has 3 unspecified atom stereocenters. The Morgan fingerprint density at radius 1 is 0.732 bits per heavy atom. The molecule has 0 saturated carbocycles. The van der Waals surface area contributed by atoms with Crippen LogP contribution in [0.2, 0.25) is 0 Å². The summed E-state index contributed by atoms with van der Waals surface area (Å²) in [7, 11) is 1.29. The number of hydrogen-bond donors (Lipinski definition) is 4. The van der Waals surface area contributed by atoms with Gasteiger partial charge < -0.3 is 39.9 Å². The van der Waals surface area contributed by atoms with Crippen LogP contribution < -0.4 is 10.6 Å². The normalized spacial score (nSPS) is 17.9. The number of hydrogen-bond acceptors (Lipinski definition) is 7. The number of rotatable bonds is 13. The van der Waals surface area contributed by atoms with Gasteiger partial charge in [-0.15, -0.1) is 0 Å². The number of likely N-dealkylation sites (tertiary alicyclic amines) is 2. The van der Waals surface area contributed by atoms with Crippen molar-refractivity contribution < 1.29 is 33.0 Å². The predicted octanol–water partition coefficient (Wildman–Crippen LogP) is 7.17. The van der Waals surface area contributed by atoms with E-state index in [1.165, 1.54) is 7.11 Å². The molecule has 4 amide bonds. The Kier molecular flexibility index (Phi) is 12.8. The summed E-state index contributed by atoms with van der Waals surface area (Å²) in [6.07, 6.45) is 3.61. The van der Waals surface area contributed by atoms with Gasteiger partial charge in [-0.1, -0.05) is 76.2 Å². The highest BCUT2D eigenvalue weighted by atomic mass is 19.1. The van der Waals surface area contributed by atoms with Gasteiger partial charge in [0, 0.05) is 24.5 Å². The topological polar surface area (TPSA) is 162 Å². The third kappa shape index (κ3) is 8.90. The van der Waals surface area contributed by atoms with E-state index in [-0.39, 0.29) is 42.3 Å². The third-order valence-electron chi connectivity index (χ3n) is 10.7. The van der Waals surface area contributed by atoms with Gasteiger partial charge in [0.1, 0.15) is 31.2 Å². The van der Waals surface area contributed by atoms with Gasteiger partial charge in [-0.2, -0.15) is 0 Å². The van der Waals surface area contributed by atoms with Crippen LogP contribution in [0.25, 0.3) is 33.6 Å². The van der Waals surface area contributed by atoms with Crippen LogP contribution in [0.1, 0.15) is 77.0 Å². The maximum atomic E-state index is 13.6. The standard InChI is InChI=1S/C42H52FN7O6/c1-25(2)36(47-41(53)55-5)39(51)49-21-6-8-34(49)32-19-18-31(45-32)29-14-10-27(11-15-29)28-12-16-30(17-13-28)33-24-44-38(46-33)35-9-7-22-50(35)40(52)37(26(3)4)48-42(54)56-23-20-43/h10-19,24-26,34-37,45H,6-9,20-23H2,1-5H3,(H,44,46)(H,47,53)(H,48,54)/t34?,35?,36?,37-/m0/s1. The lowest BCUT2D eigenvalue weighted by molar-refractivity contribution is -0.136. The van der Waals surface area contributed by atoms with Crippen molar-refractivity contribution in [3.05, 3.63) is 78.4 Å². The smallest absolute Gasteiger partial charge is 0.407 e. The van der Waals surface area contributed by atoms with Crippen molar-refractivity contribution in [2.75, 3.05) is 33.5 Å². The van der Waals surface area contributed by atoms with Crippen LogP contribution in [0, 0.1) is 11.8 Å². The average Bonchev–Trinajstić information content (AvgIpc) is 4.04. The summed E-state index contributed by atoms with van der Waals surface area (Å²) in [6.45, 7) is 7.53. The van der Waals surface area contributed by atoms with E-state index in [4.69, 9.17) is 9.47 Å². The van der Waals surface area contributed by atoms with Crippen LogP contribution >= 0.6 is 0 Å². The van der Waals surface area contributed by atoms with E-state index in [1.807, 2.05) is 56.9 Å². The minimum Gasteiger partial charge on any atom is -0.453 e. The number of carbonyl (C=O) groups is 4. The summed E-state index contributed by atoms with van der Waals surface area (Å²) in [5.74, 6) is 0.0694. The number of carbonyl (C=O) groups excluding carboxylic acids is 4. The molecule has 4 aromatic rings.